The highest BCUT2D eigenvalue weighted by Gasteiger charge is 2.32. The van der Waals surface area contributed by atoms with E-state index in [1.54, 1.807) is 35.2 Å². The van der Waals surface area contributed by atoms with Gasteiger partial charge in [0, 0.05) is 33.6 Å². The average molecular weight is 532 g/mol. The molecule has 184 valence electrons. The first-order valence-electron chi connectivity index (χ1n) is 11.4. The summed E-state index contributed by atoms with van der Waals surface area (Å²) in [7, 11) is 0. The van der Waals surface area contributed by atoms with Gasteiger partial charge in [0.2, 0.25) is 11.8 Å². The molecule has 0 aliphatic carbocycles. The first-order valence-corrected chi connectivity index (χ1v) is 12.5. The highest BCUT2D eigenvalue weighted by molar-refractivity contribution is 6.36. The number of amides is 2. The first-order chi connectivity index (χ1) is 16.5. The van der Waals surface area contributed by atoms with E-state index in [0.29, 0.717) is 27.1 Å². The summed E-state index contributed by atoms with van der Waals surface area (Å²) in [5.74, 6) is -0.494. The molecule has 0 heterocycles. The van der Waals surface area contributed by atoms with Crippen molar-refractivity contribution in [3.05, 3.63) is 105 Å². The van der Waals surface area contributed by atoms with Crippen molar-refractivity contribution < 1.29 is 9.59 Å². The maximum absolute atomic E-state index is 13.8. The zero-order chi connectivity index (χ0) is 25.6. The van der Waals surface area contributed by atoms with Gasteiger partial charge in [-0.1, -0.05) is 83.3 Å². The minimum atomic E-state index is -0.760. The summed E-state index contributed by atoms with van der Waals surface area (Å²) >= 11 is 19.0. The average Bonchev–Trinajstić information content (AvgIpc) is 2.78. The molecule has 0 aliphatic rings. The molecular weight excluding hydrogens is 503 g/mol. The van der Waals surface area contributed by atoms with Gasteiger partial charge in [-0.15, -0.1) is 0 Å². The molecule has 0 saturated heterocycles. The molecule has 0 spiro atoms. The van der Waals surface area contributed by atoms with E-state index in [9.17, 15) is 9.59 Å². The van der Waals surface area contributed by atoms with Gasteiger partial charge in [-0.2, -0.15) is 0 Å². The Hall–Kier alpha value is -2.53. The predicted molar refractivity (Wildman–Crippen MR) is 144 cm³/mol. The van der Waals surface area contributed by atoms with Gasteiger partial charge < -0.3 is 10.2 Å². The van der Waals surface area contributed by atoms with Crippen LogP contribution in [0.25, 0.3) is 0 Å². The number of nitrogens with one attached hydrogen (secondary N) is 1. The van der Waals surface area contributed by atoms with Gasteiger partial charge >= 0.3 is 0 Å². The third-order valence-corrected chi connectivity index (χ3v) is 6.34. The predicted octanol–water partition coefficient (Wildman–Crippen LogP) is 6.74. The quantitative estimate of drug-likeness (QED) is 0.350. The maximum Gasteiger partial charge on any atom is 0.243 e. The van der Waals surface area contributed by atoms with E-state index in [-0.39, 0.29) is 24.8 Å². The normalized spacial score (nSPS) is 12.2. The Morgan fingerprint density at radius 2 is 1.46 bits per heavy atom. The van der Waals surface area contributed by atoms with Gasteiger partial charge in [-0.3, -0.25) is 9.59 Å². The van der Waals surface area contributed by atoms with Crippen LogP contribution in [0.15, 0.2) is 72.8 Å². The Morgan fingerprint density at radius 3 is 2.06 bits per heavy atom. The second-order valence-corrected chi connectivity index (χ2v) is 10.7. The van der Waals surface area contributed by atoms with Crippen LogP contribution >= 0.6 is 34.8 Å². The molecule has 3 rings (SSSR count). The van der Waals surface area contributed by atoms with Crippen molar-refractivity contribution >= 4 is 46.6 Å². The molecule has 1 atom stereocenters. The molecule has 0 aromatic heterocycles. The van der Waals surface area contributed by atoms with Crippen LogP contribution in [0.2, 0.25) is 15.1 Å². The standard InChI is InChI=1S/C28H29Cl3N2O2/c1-28(2,3)32-27(35)25(16-19-9-5-4-6-10-19)33(18-20-11-7-12-21(29)15-20)26(34)17-22-23(30)13-8-14-24(22)31/h4-15,25H,16-18H2,1-3H3,(H,32,35)/t25-/m0/s1. The Balaban J connectivity index is 2.03. The Labute approximate surface area is 222 Å². The van der Waals surface area contributed by atoms with Crippen LogP contribution in [0.5, 0.6) is 0 Å². The van der Waals surface area contributed by atoms with Gasteiger partial charge in [0.25, 0.3) is 0 Å². The van der Waals surface area contributed by atoms with E-state index in [1.807, 2.05) is 63.2 Å². The van der Waals surface area contributed by atoms with Crippen LogP contribution < -0.4 is 5.32 Å². The molecule has 0 radical (unpaired) electrons. The summed E-state index contributed by atoms with van der Waals surface area (Å²) in [6.45, 7) is 5.95. The number of benzene rings is 3. The van der Waals surface area contributed by atoms with Crippen LogP contribution in [0.1, 0.15) is 37.5 Å². The SMILES string of the molecule is CC(C)(C)NC(=O)[C@H](Cc1ccccc1)N(Cc1cccc(Cl)c1)C(=O)Cc1c(Cl)cccc1Cl. The highest BCUT2D eigenvalue weighted by atomic mass is 35.5. The molecule has 1 N–H and O–H groups in total. The molecule has 0 unspecified atom stereocenters. The molecule has 2 amide bonds. The van der Waals surface area contributed by atoms with Crippen molar-refractivity contribution in [3.63, 3.8) is 0 Å². The van der Waals surface area contributed by atoms with Gasteiger partial charge in [-0.25, -0.2) is 0 Å². The lowest BCUT2D eigenvalue weighted by atomic mass is 9.99. The molecule has 4 nitrogen and oxygen atoms in total. The van der Waals surface area contributed by atoms with E-state index in [1.165, 1.54) is 0 Å². The minimum Gasteiger partial charge on any atom is -0.350 e. The van der Waals surface area contributed by atoms with Crippen molar-refractivity contribution in [2.24, 2.45) is 0 Å². The second kappa shape index (κ2) is 11.9. The second-order valence-electron chi connectivity index (χ2n) is 9.47. The van der Waals surface area contributed by atoms with Crippen LogP contribution in [0, 0.1) is 0 Å². The fraction of sp³-hybridized carbons (Fsp3) is 0.286. The number of hydrogen-bond acceptors (Lipinski definition) is 2. The zero-order valence-corrected chi connectivity index (χ0v) is 22.3. The molecule has 0 bridgehead atoms. The number of hydrogen-bond donors (Lipinski definition) is 1. The van der Waals surface area contributed by atoms with Crippen molar-refractivity contribution in [2.45, 2.75) is 51.7 Å². The van der Waals surface area contributed by atoms with Crippen molar-refractivity contribution in [2.75, 3.05) is 0 Å². The number of nitrogens with zero attached hydrogens (tertiary/aromatic N) is 1. The van der Waals surface area contributed by atoms with Crippen LogP contribution in [0.3, 0.4) is 0 Å². The number of rotatable bonds is 8. The number of carbonyl (C=O) groups is 2. The van der Waals surface area contributed by atoms with E-state index in [2.05, 4.69) is 5.32 Å². The molecule has 35 heavy (non-hydrogen) atoms. The largest absolute Gasteiger partial charge is 0.350 e. The Kier molecular flexibility index (Phi) is 9.23. The van der Waals surface area contributed by atoms with Crippen LogP contribution in [0.4, 0.5) is 0 Å². The van der Waals surface area contributed by atoms with E-state index >= 15 is 0 Å². The molecule has 0 saturated carbocycles. The van der Waals surface area contributed by atoms with E-state index in [4.69, 9.17) is 34.8 Å². The fourth-order valence-corrected chi connectivity index (χ4v) is 4.54. The lowest BCUT2D eigenvalue weighted by molar-refractivity contribution is -0.141. The van der Waals surface area contributed by atoms with E-state index in [0.717, 1.165) is 11.1 Å². The highest BCUT2D eigenvalue weighted by Crippen LogP contribution is 2.26. The topological polar surface area (TPSA) is 49.4 Å². The molecule has 7 heteroatoms. The summed E-state index contributed by atoms with van der Waals surface area (Å²) in [6.07, 6.45) is 0.318. The Morgan fingerprint density at radius 1 is 0.857 bits per heavy atom. The summed E-state index contributed by atoms with van der Waals surface area (Å²) in [6, 6.07) is 21.3. The van der Waals surface area contributed by atoms with E-state index < -0.39 is 11.6 Å². The molecule has 0 fully saturated rings. The van der Waals surface area contributed by atoms with Gasteiger partial charge in [0.05, 0.1) is 6.42 Å². The third-order valence-electron chi connectivity index (χ3n) is 5.40. The molecule has 0 aliphatic heterocycles. The molecular formula is C28H29Cl3N2O2. The zero-order valence-electron chi connectivity index (χ0n) is 20.0. The van der Waals surface area contributed by atoms with Crippen LogP contribution in [-0.4, -0.2) is 28.3 Å². The fourth-order valence-electron chi connectivity index (χ4n) is 3.79. The number of carbonyl (C=O) groups excluding carboxylic acids is 2. The minimum absolute atomic E-state index is 0.0346. The van der Waals surface area contributed by atoms with Crippen molar-refractivity contribution in [1.29, 1.82) is 0 Å². The smallest absolute Gasteiger partial charge is 0.243 e. The molecule has 3 aromatic carbocycles. The van der Waals surface area contributed by atoms with Gasteiger partial charge in [0.15, 0.2) is 0 Å². The van der Waals surface area contributed by atoms with Gasteiger partial charge in [0.1, 0.15) is 6.04 Å². The summed E-state index contributed by atoms with van der Waals surface area (Å²) in [5.41, 5.74) is 1.83. The van der Waals surface area contributed by atoms with Crippen LogP contribution in [-0.2, 0) is 29.0 Å². The molecule has 3 aromatic rings. The van der Waals surface area contributed by atoms with Crippen molar-refractivity contribution in [3.8, 4) is 0 Å². The summed E-state index contributed by atoms with van der Waals surface area (Å²) in [4.78, 5) is 29.0. The lowest BCUT2D eigenvalue weighted by Gasteiger charge is -2.34. The van der Waals surface area contributed by atoms with Gasteiger partial charge in [-0.05, 0) is 61.7 Å². The first kappa shape index (κ1) is 27.1. The van der Waals surface area contributed by atoms with Crippen molar-refractivity contribution in [1.82, 2.24) is 10.2 Å². The third kappa shape index (κ3) is 7.99. The lowest BCUT2D eigenvalue weighted by Crippen LogP contribution is -2.54. The maximum atomic E-state index is 13.8. The Bertz CT molecular complexity index is 1160. The monoisotopic (exact) mass is 530 g/mol. The summed E-state index contributed by atoms with van der Waals surface area (Å²) in [5, 5.41) is 4.42. The summed E-state index contributed by atoms with van der Waals surface area (Å²) < 4.78 is 0. The number of halogens is 3.